The summed E-state index contributed by atoms with van der Waals surface area (Å²) in [5.74, 6) is 0. The molecule has 0 aromatic heterocycles. The molecule has 0 unspecified atom stereocenters. The zero-order valence-corrected chi connectivity index (χ0v) is 12.3. The number of nitriles is 1. The number of nitrogens with one attached hydrogen (secondary N) is 1. The third-order valence-corrected chi connectivity index (χ3v) is 3.55. The van der Waals surface area contributed by atoms with Crippen molar-refractivity contribution in [1.29, 1.82) is 5.26 Å². The van der Waals surface area contributed by atoms with Crippen LogP contribution in [0.5, 0.6) is 0 Å². The summed E-state index contributed by atoms with van der Waals surface area (Å²) in [4.78, 5) is 0. The van der Waals surface area contributed by atoms with Gasteiger partial charge in [-0.1, -0.05) is 11.6 Å². The standard InChI is InChI=1S/C14H11BrClN3/c15-12-3-1-10(16)8-14(12)19-11-2-4-13(18)9(7-11)5-6-17/h1-4,7-8,19H,5,18H2. The fraction of sp³-hybridized carbons (Fsp3) is 0.0714. The van der Waals surface area contributed by atoms with Gasteiger partial charge in [0.05, 0.1) is 18.2 Å². The van der Waals surface area contributed by atoms with Gasteiger partial charge in [-0.05, 0) is 57.9 Å². The molecule has 0 aliphatic rings. The lowest BCUT2D eigenvalue weighted by Gasteiger charge is -2.11. The van der Waals surface area contributed by atoms with E-state index in [2.05, 4.69) is 27.3 Å². The maximum atomic E-state index is 8.75. The molecular weight excluding hydrogens is 326 g/mol. The average molecular weight is 337 g/mol. The zero-order chi connectivity index (χ0) is 13.8. The summed E-state index contributed by atoms with van der Waals surface area (Å²) in [7, 11) is 0. The molecule has 2 aromatic rings. The molecule has 2 aromatic carbocycles. The van der Waals surface area contributed by atoms with Crippen LogP contribution in [0.15, 0.2) is 40.9 Å². The second kappa shape index (κ2) is 5.96. The zero-order valence-electron chi connectivity index (χ0n) is 9.95. The largest absolute Gasteiger partial charge is 0.398 e. The number of nitrogen functional groups attached to an aromatic ring is 1. The lowest BCUT2D eigenvalue weighted by molar-refractivity contribution is 1.27. The van der Waals surface area contributed by atoms with Gasteiger partial charge >= 0.3 is 0 Å². The van der Waals surface area contributed by atoms with Gasteiger partial charge in [0.15, 0.2) is 0 Å². The van der Waals surface area contributed by atoms with E-state index in [4.69, 9.17) is 22.6 Å². The van der Waals surface area contributed by atoms with Crippen LogP contribution in [0.1, 0.15) is 5.56 Å². The van der Waals surface area contributed by atoms with Crippen LogP contribution in [0.3, 0.4) is 0 Å². The van der Waals surface area contributed by atoms with Crippen molar-refractivity contribution >= 4 is 44.6 Å². The number of rotatable bonds is 3. The molecule has 0 aliphatic heterocycles. The van der Waals surface area contributed by atoms with Crippen molar-refractivity contribution < 1.29 is 0 Å². The summed E-state index contributed by atoms with van der Waals surface area (Å²) in [6, 6.07) is 13.1. The monoisotopic (exact) mass is 335 g/mol. The minimum absolute atomic E-state index is 0.290. The molecule has 0 atom stereocenters. The van der Waals surface area contributed by atoms with E-state index in [1.165, 1.54) is 0 Å². The van der Waals surface area contributed by atoms with Gasteiger partial charge in [-0.3, -0.25) is 0 Å². The van der Waals surface area contributed by atoms with Crippen molar-refractivity contribution in [3.8, 4) is 6.07 Å². The van der Waals surface area contributed by atoms with E-state index >= 15 is 0 Å². The number of hydrogen-bond donors (Lipinski definition) is 2. The first-order valence-electron chi connectivity index (χ1n) is 5.57. The Morgan fingerprint density at radius 3 is 2.79 bits per heavy atom. The Kier molecular flexibility index (Phi) is 4.31. The molecule has 0 amide bonds. The first kappa shape index (κ1) is 13.7. The third kappa shape index (κ3) is 3.40. The molecule has 19 heavy (non-hydrogen) atoms. The van der Waals surface area contributed by atoms with Gasteiger partial charge in [-0.2, -0.15) is 5.26 Å². The number of nitrogens with zero attached hydrogens (tertiary/aromatic N) is 1. The summed E-state index contributed by atoms with van der Waals surface area (Å²) in [5, 5.41) is 12.6. The summed E-state index contributed by atoms with van der Waals surface area (Å²) < 4.78 is 0.913. The van der Waals surface area contributed by atoms with E-state index in [1.807, 2.05) is 24.3 Å². The molecule has 0 saturated heterocycles. The third-order valence-electron chi connectivity index (χ3n) is 2.62. The smallest absolute Gasteiger partial charge is 0.0670 e. The summed E-state index contributed by atoms with van der Waals surface area (Å²) >= 11 is 9.42. The summed E-state index contributed by atoms with van der Waals surface area (Å²) in [5.41, 5.74) is 8.97. The Labute approximate surface area is 125 Å². The van der Waals surface area contributed by atoms with Crippen molar-refractivity contribution in [2.45, 2.75) is 6.42 Å². The fourth-order valence-electron chi connectivity index (χ4n) is 1.67. The van der Waals surface area contributed by atoms with Crippen molar-refractivity contribution in [1.82, 2.24) is 0 Å². The predicted molar refractivity (Wildman–Crippen MR) is 82.6 cm³/mol. The van der Waals surface area contributed by atoms with Crippen molar-refractivity contribution in [2.24, 2.45) is 0 Å². The maximum Gasteiger partial charge on any atom is 0.0670 e. The van der Waals surface area contributed by atoms with E-state index in [0.717, 1.165) is 21.4 Å². The van der Waals surface area contributed by atoms with Crippen LogP contribution in [0.4, 0.5) is 17.1 Å². The maximum absolute atomic E-state index is 8.75. The Morgan fingerprint density at radius 1 is 1.26 bits per heavy atom. The normalized spacial score (nSPS) is 9.95. The van der Waals surface area contributed by atoms with Crippen LogP contribution in [0.2, 0.25) is 5.02 Å². The molecule has 5 heteroatoms. The van der Waals surface area contributed by atoms with E-state index in [-0.39, 0.29) is 6.42 Å². The summed E-state index contributed by atoms with van der Waals surface area (Å²) in [6.45, 7) is 0. The average Bonchev–Trinajstić information content (AvgIpc) is 2.38. The minimum Gasteiger partial charge on any atom is -0.398 e. The molecule has 0 heterocycles. The van der Waals surface area contributed by atoms with Crippen LogP contribution >= 0.6 is 27.5 Å². The first-order chi connectivity index (χ1) is 9.10. The SMILES string of the molecule is N#CCc1cc(Nc2cc(Cl)ccc2Br)ccc1N. The van der Waals surface area contributed by atoms with Crippen LogP contribution in [0, 0.1) is 11.3 Å². The molecule has 96 valence electrons. The molecule has 0 bridgehead atoms. The van der Waals surface area contributed by atoms with Crippen LogP contribution in [-0.2, 0) is 6.42 Å². The molecule has 3 nitrogen and oxygen atoms in total. The molecule has 0 radical (unpaired) electrons. The highest BCUT2D eigenvalue weighted by atomic mass is 79.9. The summed E-state index contributed by atoms with van der Waals surface area (Å²) in [6.07, 6.45) is 0.290. The molecule has 0 aliphatic carbocycles. The van der Waals surface area contributed by atoms with Gasteiger partial charge in [-0.25, -0.2) is 0 Å². The van der Waals surface area contributed by atoms with Crippen molar-refractivity contribution in [3.05, 3.63) is 51.5 Å². The number of hydrogen-bond acceptors (Lipinski definition) is 3. The van der Waals surface area contributed by atoms with Gasteiger partial charge in [0.25, 0.3) is 0 Å². The molecule has 0 spiro atoms. The van der Waals surface area contributed by atoms with E-state index in [1.54, 1.807) is 12.1 Å². The van der Waals surface area contributed by atoms with Crippen LogP contribution in [-0.4, -0.2) is 0 Å². The van der Waals surface area contributed by atoms with Crippen LogP contribution < -0.4 is 11.1 Å². The molecule has 2 rings (SSSR count). The van der Waals surface area contributed by atoms with Gasteiger partial charge in [0.2, 0.25) is 0 Å². The molecular formula is C14H11BrClN3. The minimum atomic E-state index is 0.290. The first-order valence-corrected chi connectivity index (χ1v) is 6.74. The van der Waals surface area contributed by atoms with Gasteiger partial charge in [0, 0.05) is 20.9 Å². The lowest BCUT2D eigenvalue weighted by Crippen LogP contribution is -1.97. The van der Waals surface area contributed by atoms with E-state index < -0.39 is 0 Å². The highest BCUT2D eigenvalue weighted by molar-refractivity contribution is 9.10. The molecule has 3 N–H and O–H groups in total. The molecule has 0 saturated carbocycles. The predicted octanol–water partition coefficient (Wildman–Crippen LogP) is 4.49. The van der Waals surface area contributed by atoms with E-state index in [0.29, 0.717) is 10.7 Å². The Morgan fingerprint density at radius 2 is 2.05 bits per heavy atom. The highest BCUT2D eigenvalue weighted by Crippen LogP contribution is 2.29. The number of halogens is 2. The fourth-order valence-corrected chi connectivity index (χ4v) is 2.19. The highest BCUT2D eigenvalue weighted by Gasteiger charge is 2.04. The number of anilines is 3. The van der Waals surface area contributed by atoms with Crippen molar-refractivity contribution in [2.75, 3.05) is 11.1 Å². The Hall–Kier alpha value is -1.70. The second-order valence-electron chi connectivity index (χ2n) is 4.00. The number of benzene rings is 2. The molecule has 0 fully saturated rings. The lowest BCUT2D eigenvalue weighted by atomic mass is 10.1. The van der Waals surface area contributed by atoms with Crippen LogP contribution in [0.25, 0.3) is 0 Å². The topological polar surface area (TPSA) is 61.8 Å². The van der Waals surface area contributed by atoms with Gasteiger partial charge in [-0.15, -0.1) is 0 Å². The van der Waals surface area contributed by atoms with Gasteiger partial charge < -0.3 is 11.1 Å². The Balaban J connectivity index is 2.31. The van der Waals surface area contributed by atoms with Crippen molar-refractivity contribution in [3.63, 3.8) is 0 Å². The van der Waals surface area contributed by atoms with E-state index in [9.17, 15) is 0 Å². The number of nitrogens with two attached hydrogens (primary N) is 1. The van der Waals surface area contributed by atoms with Gasteiger partial charge in [0.1, 0.15) is 0 Å². The quantitative estimate of drug-likeness (QED) is 0.812. The Bertz CT molecular complexity index is 650. The second-order valence-corrected chi connectivity index (χ2v) is 5.29.